The van der Waals surface area contributed by atoms with Crippen LogP contribution < -0.4 is 10.6 Å². The molecule has 17 heavy (non-hydrogen) atoms. The molecule has 0 aromatic heterocycles. The molecule has 0 aliphatic carbocycles. The van der Waals surface area contributed by atoms with Gasteiger partial charge in [0.2, 0.25) is 6.10 Å². The van der Waals surface area contributed by atoms with Crippen LogP contribution >= 0.6 is 0 Å². The van der Waals surface area contributed by atoms with Crippen molar-refractivity contribution in [2.75, 3.05) is 17.2 Å². The van der Waals surface area contributed by atoms with Gasteiger partial charge in [0.15, 0.2) is 0 Å². The summed E-state index contributed by atoms with van der Waals surface area (Å²) in [6.07, 6.45) is -7.62. The molecular weight excluding hydrogens is 237 g/mol. The highest BCUT2D eigenvalue weighted by Gasteiger charge is 2.49. The summed E-state index contributed by atoms with van der Waals surface area (Å²) in [6.45, 7) is -0.535. The van der Waals surface area contributed by atoms with Crippen LogP contribution in [-0.4, -0.2) is 24.9 Å². The average Bonchev–Trinajstić information content (AvgIpc) is 2.61. The number of carbonyl (C=O) groups is 1. The fourth-order valence-electron chi connectivity index (χ4n) is 1.50. The third-order valence-corrected chi connectivity index (χ3v) is 2.38. The normalized spacial score (nSPS) is 20.5. The second kappa shape index (κ2) is 3.83. The van der Waals surface area contributed by atoms with Crippen molar-refractivity contribution in [2.45, 2.75) is 12.3 Å². The molecule has 1 aliphatic rings. The minimum atomic E-state index is -4.54. The highest BCUT2D eigenvalue weighted by molar-refractivity contribution is 5.90. The maximum atomic E-state index is 12.4. The van der Waals surface area contributed by atoms with Crippen LogP contribution in [0, 0.1) is 0 Å². The Labute approximate surface area is 94.8 Å². The smallest absolute Gasteiger partial charge is 0.427 e. The number of hydrogen-bond donors (Lipinski definition) is 1. The van der Waals surface area contributed by atoms with E-state index in [0.29, 0.717) is 11.4 Å². The van der Waals surface area contributed by atoms with Gasteiger partial charge in [0, 0.05) is 11.4 Å². The van der Waals surface area contributed by atoms with Gasteiger partial charge < -0.3 is 10.5 Å². The van der Waals surface area contributed by atoms with E-state index < -0.39 is 24.9 Å². The molecular formula is C10H9F3N2O2. The van der Waals surface area contributed by atoms with Crippen LogP contribution in [0.15, 0.2) is 24.3 Å². The molecule has 92 valence electrons. The van der Waals surface area contributed by atoms with Gasteiger partial charge in [-0.2, -0.15) is 13.2 Å². The molecule has 0 spiro atoms. The number of halogens is 3. The van der Waals surface area contributed by atoms with Crippen molar-refractivity contribution in [1.82, 2.24) is 0 Å². The van der Waals surface area contributed by atoms with Gasteiger partial charge in [-0.25, -0.2) is 4.79 Å². The molecule has 4 nitrogen and oxygen atoms in total. The summed E-state index contributed by atoms with van der Waals surface area (Å²) < 4.78 is 41.3. The number of alkyl halides is 3. The Kier molecular flexibility index (Phi) is 2.60. The molecule has 1 saturated heterocycles. The minimum absolute atomic E-state index is 0.330. The molecule has 0 bridgehead atoms. The van der Waals surface area contributed by atoms with Crippen LogP contribution in [0.5, 0.6) is 0 Å². The number of cyclic esters (lactones) is 1. The van der Waals surface area contributed by atoms with E-state index in [1.165, 1.54) is 24.3 Å². The van der Waals surface area contributed by atoms with Crippen molar-refractivity contribution >= 4 is 17.5 Å². The third-order valence-electron chi connectivity index (χ3n) is 2.38. The molecule has 1 aliphatic heterocycles. The molecule has 0 radical (unpaired) electrons. The van der Waals surface area contributed by atoms with E-state index in [-0.39, 0.29) is 0 Å². The highest BCUT2D eigenvalue weighted by Crippen LogP contribution is 2.31. The average molecular weight is 246 g/mol. The lowest BCUT2D eigenvalue weighted by Crippen LogP contribution is -2.33. The van der Waals surface area contributed by atoms with Crippen LogP contribution in [0.4, 0.5) is 29.3 Å². The molecule has 1 aromatic rings. The fraction of sp³-hybridized carbons (Fsp3) is 0.300. The van der Waals surface area contributed by atoms with Gasteiger partial charge >= 0.3 is 12.3 Å². The largest absolute Gasteiger partial charge is 0.434 e. The first-order valence-electron chi connectivity index (χ1n) is 4.78. The van der Waals surface area contributed by atoms with E-state index >= 15 is 0 Å². The number of rotatable bonds is 1. The van der Waals surface area contributed by atoms with Gasteiger partial charge in [-0.1, -0.05) is 0 Å². The highest BCUT2D eigenvalue weighted by atomic mass is 19.4. The van der Waals surface area contributed by atoms with Crippen LogP contribution in [0.25, 0.3) is 0 Å². The first-order chi connectivity index (χ1) is 7.88. The van der Waals surface area contributed by atoms with Crippen LogP contribution in [0.3, 0.4) is 0 Å². The molecule has 1 heterocycles. The number of benzene rings is 1. The Bertz CT molecular complexity index is 430. The van der Waals surface area contributed by atoms with Crippen LogP contribution in [0.1, 0.15) is 0 Å². The molecule has 1 aromatic carbocycles. The predicted octanol–water partition coefficient (Wildman–Crippen LogP) is 2.16. The van der Waals surface area contributed by atoms with E-state index in [9.17, 15) is 18.0 Å². The van der Waals surface area contributed by atoms with Crippen LogP contribution in [0.2, 0.25) is 0 Å². The van der Waals surface area contributed by atoms with Gasteiger partial charge in [0.05, 0.1) is 6.54 Å². The number of nitrogens with zero attached hydrogens (tertiary/aromatic N) is 1. The summed E-state index contributed by atoms with van der Waals surface area (Å²) in [5, 5.41) is 0. The Morgan fingerprint density at radius 2 is 1.88 bits per heavy atom. The Morgan fingerprint density at radius 3 is 2.35 bits per heavy atom. The Balaban J connectivity index is 2.19. The monoisotopic (exact) mass is 246 g/mol. The summed E-state index contributed by atoms with van der Waals surface area (Å²) >= 11 is 0. The van der Waals surface area contributed by atoms with E-state index in [1.54, 1.807) is 0 Å². The van der Waals surface area contributed by atoms with Crippen molar-refractivity contribution in [3.63, 3.8) is 0 Å². The quantitative estimate of drug-likeness (QED) is 0.772. The number of ether oxygens (including phenoxy) is 1. The minimum Gasteiger partial charge on any atom is -0.434 e. The van der Waals surface area contributed by atoms with Crippen molar-refractivity contribution in [2.24, 2.45) is 0 Å². The van der Waals surface area contributed by atoms with Gasteiger partial charge in [0.1, 0.15) is 0 Å². The SMILES string of the molecule is Nc1ccc(N2C[C@H](C(F)(F)F)OC2=O)cc1. The van der Waals surface area contributed by atoms with E-state index in [4.69, 9.17) is 5.73 Å². The number of carbonyl (C=O) groups excluding carboxylic acids is 1. The molecule has 0 saturated carbocycles. The molecule has 1 amide bonds. The van der Waals surface area contributed by atoms with Crippen molar-refractivity contribution < 1.29 is 22.7 Å². The van der Waals surface area contributed by atoms with Gasteiger partial charge in [0.25, 0.3) is 0 Å². The van der Waals surface area contributed by atoms with E-state index in [2.05, 4.69) is 4.74 Å². The molecule has 2 N–H and O–H groups in total. The van der Waals surface area contributed by atoms with E-state index in [0.717, 1.165) is 4.90 Å². The lowest BCUT2D eigenvalue weighted by molar-refractivity contribution is -0.191. The molecule has 1 fully saturated rings. The van der Waals surface area contributed by atoms with Crippen molar-refractivity contribution in [3.8, 4) is 0 Å². The number of nitrogens with two attached hydrogens (primary N) is 1. The van der Waals surface area contributed by atoms with Gasteiger partial charge in [-0.3, -0.25) is 4.90 Å². The molecule has 2 rings (SSSR count). The molecule has 7 heteroatoms. The van der Waals surface area contributed by atoms with Gasteiger partial charge in [-0.05, 0) is 24.3 Å². The fourth-order valence-corrected chi connectivity index (χ4v) is 1.50. The summed E-state index contributed by atoms with van der Waals surface area (Å²) in [4.78, 5) is 12.2. The predicted molar refractivity (Wildman–Crippen MR) is 54.5 cm³/mol. The maximum Gasteiger partial charge on any atom is 0.427 e. The molecule has 0 unspecified atom stereocenters. The first kappa shape index (κ1) is 11.6. The van der Waals surface area contributed by atoms with Crippen molar-refractivity contribution in [1.29, 1.82) is 0 Å². The lowest BCUT2D eigenvalue weighted by Gasteiger charge is -2.14. The van der Waals surface area contributed by atoms with Crippen molar-refractivity contribution in [3.05, 3.63) is 24.3 Å². The Morgan fingerprint density at radius 1 is 1.29 bits per heavy atom. The summed E-state index contributed by atoms with van der Waals surface area (Å²) in [5.41, 5.74) is 6.24. The van der Waals surface area contributed by atoms with Gasteiger partial charge in [-0.15, -0.1) is 0 Å². The Hall–Kier alpha value is -1.92. The third kappa shape index (κ3) is 2.27. The first-order valence-corrected chi connectivity index (χ1v) is 4.78. The number of amides is 1. The number of nitrogen functional groups attached to an aromatic ring is 1. The van der Waals surface area contributed by atoms with Crippen LogP contribution in [-0.2, 0) is 4.74 Å². The summed E-state index contributed by atoms with van der Waals surface area (Å²) in [7, 11) is 0. The zero-order valence-corrected chi connectivity index (χ0v) is 8.57. The topological polar surface area (TPSA) is 55.6 Å². The van der Waals surface area contributed by atoms with E-state index in [1.807, 2.05) is 0 Å². The lowest BCUT2D eigenvalue weighted by atomic mass is 10.2. The number of hydrogen-bond acceptors (Lipinski definition) is 3. The zero-order chi connectivity index (χ0) is 12.6. The summed E-state index contributed by atoms with van der Waals surface area (Å²) in [6, 6.07) is 5.94. The maximum absolute atomic E-state index is 12.4. The standard InChI is InChI=1S/C10H9F3N2O2/c11-10(12,13)8-5-15(9(16)17-8)7-3-1-6(14)2-4-7/h1-4,8H,5,14H2/t8-/m1/s1. The molecule has 1 atom stereocenters. The number of anilines is 2. The zero-order valence-electron chi connectivity index (χ0n) is 8.57. The summed E-state index contributed by atoms with van der Waals surface area (Å²) in [5.74, 6) is 0. The second-order valence-electron chi connectivity index (χ2n) is 3.62. The second-order valence-corrected chi connectivity index (χ2v) is 3.62.